The number of carbonyl (C=O) groups is 1. The lowest BCUT2D eigenvalue weighted by atomic mass is 10.1. The van der Waals surface area contributed by atoms with E-state index in [0.29, 0.717) is 19.4 Å². The van der Waals surface area contributed by atoms with E-state index in [-0.39, 0.29) is 5.91 Å². The Labute approximate surface area is 185 Å². The second-order valence-corrected chi connectivity index (χ2v) is 7.98. The number of ether oxygens (including phenoxy) is 2. The second kappa shape index (κ2) is 9.66. The largest absolute Gasteiger partial charge is 0.497 e. The lowest BCUT2D eigenvalue weighted by Crippen LogP contribution is -2.26. The standard InChI is InChI=1S/C24H25N3O3S/c1-29-20-10-7-17(8-11-20)21-15-27-19(16-31-24(27)26-21)9-12-23(28)25-14-13-18-5-3-4-6-22(18)30-2/h3-8,10-11,15-16H,9,12-14H2,1-2H3,(H,25,28). The van der Waals surface area contributed by atoms with Gasteiger partial charge in [-0.05, 0) is 48.7 Å². The summed E-state index contributed by atoms with van der Waals surface area (Å²) in [6.07, 6.45) is 3.88. The van der Waals surface area contributed by atoms with E-state index >= 15 is 0 Å². The number of nitrogens with zero attached hydrogens (tertiary/aromatic N) is 2. The van der Waals surface area contributed by atoms with Crippen LogP contribution in [-0.2, 0) is 17.6 Å². The van der Waals surface area contributed by atoms with E-state index < -0.39 is 0 Å². The highest BCUT2D eigenvalue weighted by Crippen LogP contribution is 2.26. The molecule has 0 aliphatic heterocycles. The van der Waals surface area contributed by atoms with Gasteiger partial charge in [-0.2, -0.15) is 0 Å². The molecule has 2 heterocycles. The first-order chi connectivity index (χ1) is 15.2. The summed E-state index contributed by atoms with van der Waals surface area (Å²) in [5.74, 6) is 1.72. The third kappa shape index (κ3) is 4.88. The van der Waals surface area contributed by atoms with Gasteiger partial charge in [0, 0.05) is 35.8 Å². The molecule has 4 aromatic rings. The first-order valence-corrected chi connectivity index (χ1v) is 11.0. The number of amides is 1. The molecule has 0 atom stereocenters. The minimum absolute atomic E-state index is 0.0461. The van der Waals surface area contributed by atoms with Gasteiger partial charge in [0.15, 0.2) is 4.96 Å². The minimum atomic E-state index is 0.0461. The molecule has 1 N–H and O–H groups in total. The van der Waals surface area contributed by atoms with Crippen LogP contribution in [0.4, 0.5) is 0 Å². The zero-order valence-electron chi connectivity index (χ0n) is 17.6. The number of aryl methyl sites for hydroxylation is 1. The fourth-order valence-electron chi connectivity index (χ4n) is 3.49. The Morgan fingerprint density at radius 3 is 2.65 bits per heavy atom. The maximum absolute atomic E-state index is 12.3. The van der Waals surface area contributed by atoms with Gasteiger partial charge in [0.2, 0.25) is 5.91 Å². The number of para-hydroxylation sites is 1. The smallest absolute Gasteiger partial charge is 0.220 e. The van der Waals surface area contributed by atoms with Crippen LogP contribution >= 0.6 is 11.3 Å². The molecular weight excluding hydrogens is 410 g/mol. The number of benzene rings is 2. The summed E-state index contributed by atoms with van der Waals surface area (Å²) in [7, 11) is 3.32. The number of methoxy groups -OCH3 is 2. The fraction of sp³-hybridized carbons (Fsp3) is 0.250. The first-order valence-electron chi connectivity index (χ1n) is 10.2. The van der Waals surface area contributed by atoms with Gasteiger partial charge < -0.3 is 14.8 Å². The van der Waals surface area contributed by atoms with Crippen LogP contribution in [0.2, 0.25) is 0 Å². The van der Waals surface area contributed by atoms with Crippen LogP contribution in [-0.4, -0.2) is 36.1 Å². The van der Waals surface area contributed by atoms with Crippen molar-refractivity contribution in [2.45, 2.75) is 19.3 Å². The van der Waals surface area contributed by atoms with Crippen molar-refractivity contribution in [3.8, 4) is 22.8 Å². The van der Waals surface area contributed by atoms with Gasteiger partial charge in [-0.1, -0.05) is 18.2 Å². The topological polar surface area (TPSA) is 64.9 Å². The number of hydrogen-bond acceptors (Lipinski definition) is 5. The Kier molecular flexibility index (Phi) is 6.52. The average molecular weight is 436 g/mol. The number of aromatic nitrogens is 2. The lowest BCUT2D eigenvalue weighted by Gasteiger charge is -2.09. The van der Waals surface area contributed by atoms with E-state index in [9.17, 15) is 4.79 Å². The van der Waals surface area contributed by atoms with E-state index in [1.54, 1.807) is 25.6 Å². The summed E-state index contributed by atoms with van der Waals surface area (Å²) < 4.78 is 12.7. The molecule has 0 fully saturated rings. The maximum atomic E-state index is 12.3. The Bertz CT molecular complexity index is 1160. The normalized spacial score (nSPS) is 10.9. The van der Waals surface area contributed by atoms with Gasteiger partial charge in [-0.25, -0.2) is 4.98 Å². The van der Waals surface area contributed by atoms with Crippen molar-refractivity contribution in [2.24, 2.45) is 0 Å². The predicted molar refractivity (Wildman–Crippen MR) is 123 cm³/mol. The van der Waals surface area contributed by atoms with Gasteiger partial charge in [0.1, 0.15) is 11.5 Å². The van der Waals surface area contributed by atoms with E-state index in [1.807, 2.05) is 54.7 Å². The first kappa shape index (κ1) is 20.9. The van der Waals surface area contributed by atoms with Crippen LogP contribution in [0.3, 0.4) is 0 Å². The molecule has 2 aromatic carbocycles. The molecule has 0 spiro atoms. The summed E-state index contributed by atoms with van der Waals surface area (Å²) >= 11 is 1.59. The highest BCUT2D eigenvalue weighted by Gasteiger charge is 2.11. The van der Waals surface area contributed by atoms with Crippen molar-refractivity contribution < 1.29 is 14.3 Å². The molecule has 0 aliphatic carbocycles. The Balaban J connectivity index is 1.33. The molecule has 0 bridgehead atoms. The summed E-state index contributed by atoms with van der Waals surface area (Å²) in [6, 6.07) is 15.7. The number of imidazole rings is 1. The lowest BCUT2D eigenvalue weighted by molar-refractivity contribution is -0.121. The van der Waals surface area contributed by atoms with Crippen molar-refractivity contribution in [3.05, 3.63) is 71.4 Å². The molecule has 4 rings (SSSR count). The van der Waals surface area contributed by atoms with Crippen molar-refractivity contribution in [3.63, 3.8) is 0 Å². The van der Waals surface area contributed by atoms with Crippen LogP contribution in [0.5, 0.6) is 11.5 Å². The highest BCUT2D eigenvalue weighted by molar-refractivity contribution is 7.15. The molecular formula is C24H25N3O3S. The third-order valence-electron chi connectivity index (χ3n) is 5.19. The quantitative estimate of drug-likeness (QED) is 0.424. The monoisotopic (exact) mass is 435 g/mol. The van der Waals surface area contributed by atoms with Gasteiger partial charge in [0.25, 0.3) is 0 Å². The molecule has 1 amide bonds. The van der Waals surface area contributed by atoms with Crippen LogP contribution in [0.1, 0.15) is 17.7 Å². The molecule has 0 saturated heterocycles. The SMILES string of the molecule is COc1ccc(-c2cn3c(CCC(=O)NCCc4ccccc4OC)csc3n2)cc1. The molecule has 31 heavy (non-hydrogen) atoms. The molecule has 0 radical (unpaired) electrons. The summed E-state index contributed by atoms with van der Waals surface area (Å²) in [6.45, 7) is 0.588. The van der Waals surface area contributed by atoms with Gasteiger partial charge in [-0.15, -0.1) is 11.3 Å². The fourth-order valence-corrected chi connectivity index (χ4v) is 4.39. The van der Waals surface area contributed by atoms with E-state index in [0.717, 1.165) is 45.4 Å². The van der Waals surface area contributed by atoms with Crippen molar-refractivity contribution in [1.29, 1.82) is 0 Å². The van der Waals surface area contributed by atoms with Gasteiger partial charge in [0.05, 0.1) is 19.9 Å². The number of nitrogens with one attached hydrogen (secondary N) is 1. The van der Waals surface area contributed by atoms with Gasteiger partial charge in [-0.3, -0.25) is 9.20 Å². The zero-order valence-corrected chi connectivity index (χ0v) is 18.4. The molecule has 0 saturated carbocycles. The number of hydrogen-bond donors (Lipinski definition) is 1. The number of fused-ring (bicyclic) bond motifs is 1. The number of carbonyl (C=O) groups excluding carboxylic acids is 1. The van der Waals surface area contributed by atoms with Gasteiger partial charge >= 0.3 is 0 Å². The van der Waals surface area contributed by atoms with Crippen LogP contribution in [0, 0.1) is 0 Å². The molecule has 6 nitrogen and oxygen atoms in total. The third-order valence-corrected chi connectivity index (χ3v) is 6.08. The Hall–Kier alpha value is -3.32. The number of rotatable bonds is 9. The summed E-state index contributed by atoms with van der Waals surface area (Å²) in [4.78, 5) is 18.0. The van der Waals surface area contributed by atoms with Crippen LogP contribution in [0.15, 0.2) is 60.1 Å². The zero-order chi connectivity index (χ0) is 21.6. The van der Waals surface area contributed by atoms with E-state index in [1.165, 1.54) is 0 Å². The Morgan fingerprint density at radius 1 is 1.06 bits per heavy atom. The second-order valence-electron chi connectivity index (χ2n) is 7.15. The molecule has 0 aliphatic rings. The predicted octanol–water partition coefficient (Wildman–Crippen LogP) is 4.37. The average Bonchev–Trinajstić information content (AvgIpc) is 3.39. The van der Waals surface area contributed by atoms with Crippen LogP contribution < -0.4 is 14.8 Å². The summed E-state index contributed by atoms with van der Waals surface area (Å²) in [5, 5.41) is 5.08. The van der Waals surface area contributed by atoms with E-state index in [2.05, 4.69) is 15.1 Å². The maximum Gasteiger partial charge on any atom is 0.220 e. The van der Waals surface area contributed by atoms with Crippen molar-refractivity contribution >= 4 is 22.2 Å². The highest BCUT2D eigenvalue weighted by atomic mass is 32.1. The van der Waals surface area contributed by atoms with Crippen LogP contribution in [0.25, 0.3) is 16.2 Å². The molecule has 7 heteroatoms. The number of thiazole rings is 1. The van der Waals surface area contributed by atoms with Crippen molar-refractivity contribution in [2.75, 3.05) is 20.8 Å². The molecule has 2 aromatic heterocycles. The molecule has 160 valence electrons. The summed E-state index contributed by atoms with van der Waals surface area (Å²) in [5.41, 5.74) is 4.13. The van der Waals surface area contributed by atoms with Crippen molar-refractivity contribution in [1.82, 2.24) is 14.7 Å². The van der Waals surface area contributed by atoms with E-state index in [4.69, 9.17) is 14.5 Å². The minimum Gasteiger partial charge on any atom is -0.497 e. The Morgan fingerprint density at radius 2 is 1.87 bits per heavy atom. The molecule has 0 unspecified atom stereocenters.